The molecule has 2 aliphatic rings. The number of carbonyl (C=O) groups is 5. The summed E-state index contributed by atoms with van der Waals surface area (Å²) in [5, 5.41) is 12.3. The highest BCUT2D eigenvalue weighted by atomic mass is 16.6. The number of hydrogen-bond acceptors (Lipinski definition) is 17. The first-order valence-corrected chi connectivity index (χ1v) is 20.5. The van der Waals surface area contributed by atoms with E-state index in [0.29, 0.717) is 107 Å². The predicted molar refractivity (Wildman–Crippen MR) is 226 cm³/mol. The molecule has 5 heterocycles. The number of aryl methyl sites for hydroxylation is 1. The third kappa shape index (κ3) is 11.6. The first kappa shape index (κ1) is 45.1. The second-order valence-electron chi connectivity index (χ2n) is 14.2. The number of pyridine rings is 1. The topological polar surface area (TPSA) is 254 Å². The third-order valence-electron chi connectivity index (χ3n) is 9.81. The summed E-state index contributed by atoms with van der Waals surface area (Å²) in [5.74, 6) is -1.90. The summed E-state index contributed by atoms with van der Waals surface area (Å²) in [7, 11) is 1.54. The van der Waals surface area contributed by atoms with Gasteiger partial charge in [-0.1, -0.05) is 6.07 Å². The molecule has 0 saturated carbocycles. The van der Waals surface area contributed by atoms with Crippen LogP contribution < -0.4 is 26.2 Å². The van der Waals surface area contributed by atoms with Crippen molar-refractivity contribution in [1.29, 1.82) is 0 Å². The summed E-state index contributed by atoms with van der Waals surface area (Å²) in [5.41, 5.74) is 2.71. The van der Waals surface area contributed by atoms with E-state index in [4.69, 9.17) is 32.8 Å². The SMILES string of the molecule is Cn1nc(-c2nc3cc(NC(=O)c4ccc(OCCOCCOCCOCCOCCOCCNc5cccc6c5C(=O)N(C5CCC(=O)NC5=O)C6=O)cn4)ccc3o2)ccc1=O. The lowest BCUT2D eigenvalue weighted by Gasteiger charge is -2.27. The molecule has 0 bridgehead atoms. The van der Waals surface area contributed by atoms with Crippen molar-refractivity contribution in [2.24, 2.45) is 7.05 Å². The Balaban J connectivity index is 0.665. The number of aromatic nitrogens is 4. The zero-order valence-corrected chi connectivity index (χ0v) is 34.9. The summed E-state index contributed by atoms with van der Waals surface area (Å²) in [6, 6.07) is 15.0. The van der Waals surface area contributed by atoms with Gasteiger partial charge in [-0.15, -0.1) is 0 Å². The quantitative estimate of drug-likeness (QED) is 0.0593. The molecule has 1 atom stereocenters. The predicted octanol–water partition coefficient (Wildman–Crippen LogP) is 2.21. The van der Waals surface area contributed by atoms with Crippen molar-refractivity contribution >= 4 is 52.0 Å². The van der Waals surface area contributed by atoms with Crippen molar-refractivity contribution < 1.29 is 56.8 Å². The maximum Gasteiger partial charge on any atom is 0.274 e. The monoisotopic (exact) mass is 882 g/mol. The largest absolute Gasteiger partial charge is 0.490 e. The van der Waals surface area contributed by atoms with Crippen molar-refractivity contribution in [2.45, 2.75) is 18.9 Å². The van der Waals surface area contributed by atoms with Gasteiger partial charge >= 0.3 is 0 Å². The molecule has 5 amide bonds. The van der Waals surface area contributed by atoms with Gasteiger partial charge < -0.3 is 43.5 Å². The number of nitrogens with one attached hydrogen (secondary N) is 3. The van der Waals surface area contributed by atoms with Gasteiger partial charge in [0, 0.05) is 37.5 Å². The molecule has 21 nitrogen and oxygen atoms in total. The van der Waals surface area contributed by atoms with Crippen LogP contribution in [0, 0.1) is 0 Å². The highest BCUT2D eigenvalue weighted by molar-refractivity contribution is 6.25. The lowest BCUT2D eigenvalue weighted by molar-refractivity contribution is -0.136. The van der Waals surface area contributed by atoms with E-state index < -0.39 is 35.6 Å². The average Bonchev–Trinajstić information content (AvgIpc) is 3.83. The van der Waals surface area contributed by atoms with Gasteiger partial charge in [-0.2, -0.15) is 5.10 Å². The first-order valence-electron chi connectivity index (χ1n) is 20.5. The number of amides is 5. The van der Waals surface area contributed by atoms with Crippen molar-refractivity contribution in [2.75, 3.05) is 89.9 Å². The molecular formula is C43H46N8O13. The molecule has 21 heteroatoms. The Morgan fingerprint density at radius 3 is 2.19 bits per heavy atom. The number of piperidine rings is 1. The van der Waals surface area contributed by atoms with Crippen molar-refractivity contribution in [3.63, 3.8) is 0 Å². The highest BCUT2D eigenvalue weighted by Crippen LogP contribution is 2.32. The Morgan fingerprint density at radius 1 is 0.812 bits per heavy atom. The van der Waals surface area contributed by atoms with Gasteiger partial charge in [0.2, 0.25) is 17.7 Å². The molecule has 2 aromatic carbocycles. The van der Waals surface area contributed by atoms with Crippen LogP contribution in [0.5, 0.6) is 5.75 Å². The minimum Gasteiger partial charge on any atom is -0.490 e. The Bertz CT molecular complexity index is 2530. The van der Waals surface area contributed by atoms with E-state index in [1.165, 1.54) is 30.1 Å². The van der Waals surface area contributed by atoms with Crippen molar-refractivity contribution in [3.05, 3.63) is 94.0 Å². The second-order valence-corrected chi connectivity index (χ2v) is 14.2. The molecule has 2 aliphatic heterocycles. The van der Waals surface area contributed by atoms with Crippen LogP contribution in [0.25, 0.3) is 22.7 Å². The van der Waals surface area contributed by atoms with Crippen molar-refractivity contribution in [1.82, 2.24) is 30.0 Å². The smallest absolute Gasteiger partial charge is 0.274 e. The Hall–Kier alpha value is -6.91. The number of imide groups is 2. The molecule has 1 fully saturated rings. The average molecular weight is 883 g/mol. The zero-order valence-electron chi connectivity index (χ0n) is 34.9. The van der Waals surface area contributed by atoms with Crippen LogP contribution >= 0.6 is 0 Å². The molecular weight excluding hydrogens is 837 g/mol. The summed E-state index contributed by atoms with van der Waals surface area (Å²) >= 11 is 0. The van der Waals surface area contributed by atoms with Gasteiger partial charge in [-0.3, -0.25) is 39.0 Å². The van der Waals surface area contributed by atoms with E-state index in [-0.39, 0.29) is 47.7 Å². The molecule has 3 aromatic heterocycles. The Kier molecular flexibility index (Phi) is 15.5. The van der Waals surface area contributed by atoms with Gasteiger partial charge in [0.05, 0.1) is 83.4 Å². The number of hydrogen-bond donors (Lipinski definition) is 3. The molecule has 5 aromatic rings. The zero-order chi connectivity index (χ0) is 44.8. The van der Waals surface area contributed by atoms with Gasteiger partial charge in [0.15, 0.2) is 5.58 Å². The number of oxazole rings is 1. The van der Waals surface area contributed by atoms with Crippen LogP contribution in [0.3, 0.4) is 0 Å². The second kappa shape index (κ2) is 21.9. The van der Waals surface area contributed by atoms with Crippen LogP contribution in [0.1, 0.15) is 44.0 Å². The van der Waals surface area contributed by atoms with E-state index in [9.17, 15) is 28.8 Å². The fraction of sp³-hybridized carbons (Fsp3) is 0.372. The number of rotatable bonds is 24. The number of anilines is 2. The molecule has 64 heavy (non-hydrogen) atoms. The summed E-state index contributed by atoms with van der Waals surface area (Å²) in [6.07, 6.45) is 1.60. The van der Waals surface area contributed by atoms with Gasteiger partial charge in [0.1, 0.15) is 35.3 Å². The molecule has 0 spiro atoms. The van der Waals surface area contributed by atoms with Crippen LogP contribution in [0.4, 0.5) is 11.4 Å². The van der Waals surface area contributed by atoms with E-state index in [1.807, 2.05) is 0 Å². The van der Waals surface area contributed by atoms with E-state index >= 15 is 0 Å². The number of carbonyl (C=O) groups excluding carboxylic acids is 5. The number of nitrogens with zero attached hydrogens (tertiary/aromatic N) is 5. The number of ether oxygens (including phenoxy) is 6. The maximum atomic E-state index is 13.2. The van der Waals surface area contributed by atoms with Crippen LogP contribution in [0.2, 0.25) is 0 Å². The van der Waals surface area contributed by atoms with Crippen LogP contribution in [-0.2, 0) is 40.3 Å². The summed E-state index contributed by atoms with van der Waals surface area (Å²) in [4.78, 5) is 84.1. The van der Waals surface area contributed by atoms with E-state index in [2.05, 4.69) is 31.0 Å². The minimum absolute atomic E-state index is 0.0540. The molecule has 7 rings (SSSR count). The lowest BCUT2D eigenvalue weighted by atomic mass is 10.0. The normalized spacial score (nSPS) is 14.8. The summed E-state index contributed by atoms with van der Waals surface area (Å²) in [6.45, 7) is 4.33. The van der Waals surface area contributed by atoms with Crippen molar-refractivity contribution in [3.8, 4) is 17.3 Å². The standard InChI is InChI=1S/C43H46N8O13/c1-50-37(53)12-8-32(49-50)41-47-33-25-27(5-10-35(33)64-41)46-39(54)31-7-6-28(26-45-31)63-24-23-62-22-21-61-20-19-60-18-17-59-16-15-58-14-13-44-30-4-2-3-29-38(30)43(57)51(42(29)56)34-9-11-36(52)48-40(34)55/h2-8,10,12,25-26,34,44H,9,11,13-24H2,1H3,(H,46,54)(H,48,52,55). The molecule has 1 unspecified atom stereocenters. The maximum absolute atomic E-state index is 13.2. The molecule has 1 saturated heterocycles. The van der Waals surface area contributed by atoms with Crippen LogP contribution in [-0.4, -0.2) is 139 Å². The minimum atomic E-state index is -1.03. The fourth-order valence-corrected chi connectivity index (χ4v) is 6.65. The van der Waals surface area contributed by atoms with E-state index in [0.717, 1.165) is 4.90 Å². The van der Waals surface area contributed by atoms with Crippen LogP contribution in [0.15, 0.2) is 76.1 Å². The number of benzene rings is 2. The molecule has 3 N–H and O–H groups in total. The lowest BCUT2D eigenvalue weighted by Crippen LogP contribution is -2.54. The molecule has 336 valence electrons. The fourth-order valence-electron chi connectivity index (χ4n) is 6.65. The van der Waals surface area contributed by atoms with E-state index in [1.54, 1.807) is 48.5 Å². The molecule has 0 radical (unpaired) electrons. The molecule has 0 aliphatic carbocycles. The van der Waals surface area contributed by atoms with Gasteiger partial charge in [0.25, 0.3) is 23.3 Å². The number of fused-ring (bicyclic) bond motifs is 2. The van der Waals surface area contributed by atoms with Gasteiger partial charge in [-0.05, 0) is 55.0 Å². The Morgan fingerprint density at radius 2 is 1.52 bits per heavy atom. The van der Waals surface area contributed by atoms with Gasteiger partial charge in [-0.25, -0.2) is 14.6 Å². The summed E-state index contributed by atoms with van der Waals surface area (Å²) < 4.78 is 40.3. The first-order chi connectivity index (χ1) is 31.2. The third-order valence-corrected chi connectivity index (χ3v) is 9.81. The highest BCUT2D eigenvalue weighted by Gasteiger charge is 2.45. The Labute approximate surface area is 365 Å².